The lowest BCUT2D eigenvalue weighted by atomic mass is 9.75. The third-order valence-electron chi connectivity index (χ3n) is 5.21. The molecule has 4 rings (SSSR count). The Hall–Kier alpha value is -2.68. The van der Waals surface area contributed by atoms with Gasteiger partial charge >= 0.3 is 0 Å². The van der Waals surface area contributed by atoms with E-state index in [-0.39, 0.29) is 11.8 Å². The second kappa shape index (κ2) is 7.69. The second-order valence-corrected chi connectivity index (χ2v) is 6.77. The van der Waals surface area contributed by atoms with Crippen LogP contribution in [0.5, 0.6) is 0 Å². The van der Waals surface area contributed by atoms with Gasteiger partial charge in [-0.2, -0.15) is 0 Å². The first-order valence-corrected chi connectivity index (χ1v) is 9.26. The number of para-hydroxylation sites is 1. The standard InChI is InChI=1S/C23H24NO2/c1-2-8-19(20-15-24-21-12-7-6-11-18(20)21)23(17-9-4-3-5-10-17)22-16-25-13-14-26-22/h3-4,6-7,9,11-16,19,23-24H,1-2,5,8,10H2. The Morgan fingerprint density at radius 2 is 2.12 bits per heavy atom. The number of rotatable bonds is 6. The first-order valence-electron chi connectivity index (χ1n) is 9.26. The number of H-pyrrole nitrogens is 1. The van der Waals surface area contributed by atoms with Gasteiger partial charge in [0.05, 0.1) is 0 Å². The molecule has 1 aliphatic heterocycles. The van der Waals surface area contributed by atoms with E-state index in [1.165, 1.54) is 22.0 Å². The van der Waals surface area contributed by atoms with Crippen molar-refractivity contribution in [2.24, 2.45) is 5.92 Å². The van der Waals surface area contributed by atoms with Crippen molar-refractivity contribution in [3.8, 4) is 0 Å². The smallest absolute Gasteiger partial charge is 0.146 e. The summed E-state index contributed by atoms with van der Waals surface area (Å²) in [7, 11) is 0. The summed E-state index contributed by atoms with van der Waals surface area (Å²) in [5.41, 5.74) is 3.88. The van der Waals surface area contributed by atoms with Gasteiger partial charge in [-0.05, 0) is 36.8 Å². The molecule has 26 heavy (non-hydrogen) atoms. The molecular formula is C23H24NO2. The van der Waals surface area contributed by atoms with Crippen LogP contribution in [0.2, 0.25) is 0 Å². The number of nitrogens with one attached hydrogen (secondary N) is 1. The van der Waals surface area contributed by atoms with Crippen LogP contribution in [0.25, 0.3) is 10.9 Å². The highest BCUT2D eigenvalue weighted by molar-refractivity contribution is 5.83. The van der Waals surface area contributed by atoms with Gasteiger partial charge in [0.2, 0.25) is 0 Å². The van der Waals surface area contributed by atoms with E-state index < -0.39 is 0 Å². The summed E-state index contributed by atoms with van der Waals surface area (Å²) >= 11 is 0. The minimum atomic E-state index is 0.144. The largest absolute Gasteiger partial charge is 0.466 e. The van der Waals surface area contributed by atoms with Crippen LogP contribution >= 0.6 is 0 Å². The van der Waals surface area contributed by atoms with E-state index in [1.54, 1.807) is 18.8 Å². The number of hydrogen-bond donors (Lipinski definition) is 1. The maximum atomic E-state index is 5.89. The summed E-state index contributed by atoms with van der Waals surface area (Å²) in [5.74, 6) is 1.30. The zero-order valence-electron chi connectivity index (χ0n) is 14.9. The van der Waals surface area contributed by atoms with Crippen molar-refractivity contribution in [1.82, 2.24) is 4.98 Å². The Labute approximate surface area is 154 Å². The molecule has 2 aliphatic rings. The van der Waals surface area contributed by atoms with Gasteiger partial charge in [-0.15, -0.1) is 0 Å². The summed E-state index contributed by atoms with van der Waals surface area (Å²) in [5, 5.41) is 1.27. The highest BCUT2D eigenvalue weighted by Crippen LogP contribution is 2.44. The Morgan fingerprint density at radius 1 is 1.19 bits per heavy atom. The lowest BCUT2D eigenvalue weighted by Gasteiger charge is -2.31. The SMILES string of the molecule is [CH2]CCC(c1c[nH]c2ccccc12)C(C1=CC=CCC1)C1=COC=CO1. The Bertz CT molecular complexity index is 884. The van der Waals surface area contributed by atoms with Crippen LogP contribution in [-0.4, -0.2) is 4.98 Å². The van der Waals surface area contributed by atoms with Crippen LogP contribution in [0, 0.1) is 12.8 Å². The zero-order valence-corrected chi connectivity index (χ0v) is 14.9. The third kappa shape index (κ3) is 3.22. The van der Waals surface area contributed by atoms with Gasteiger partial charge in [-0.3, -0.25) is 0 Å². The summed E-state index contributed by atoms with van der Waals surface area (Å²) < 4.78 is 11.3. The second-order valence-electron chi connectivity index (χ2n) is 6.77. The first-order chi connectivity index (χ1) is 12.9. The van der Waals surface area contributed by atoms with Crippen LogP contribution in [0.3, 0.4) is 0 Å². The molecule has 2 unspecified atom stereocenters. The number of aromatic nitrogens is 1. The van der Waals surface area contributed by atoms with E-state index in [9.17, 15) is 0 Å². The average Bonchev–Trinajstić information content (AvgIpc) is 3.13. The molecule has 0 bridgehead atoms. The third-order valence-corrected chi connectivity index (χ3v) is 5.21. The molecule has 1 aliphatic carbocycles. The molecule has 0 amide bonds. The number of hydrogen-bond acceptors (Lipinski definition) is 2. The van der Waals surface area contributed by atoms with E-state index in [0.29, 0.717) is 0 Å². The molecule has 133 valence electrons. The van der Waals surface area contributed by atoms with Crippen molar-refractivity contribution < 1.29 is 9.47 Å². The Balaban J connectivity index is 1.81. The monoisotopic (exact) mass is 346 g/mol. The van der Waals surface area contributed by atoms with E-state index in [1.807, 2.05) is 0 Å². The molecule has 1 N–H and O–H groups in total. The molecule has 2 aromatic rings. The first kappa shape index (κ1) is 16.8. The normalized spacial score (nSPS) is 18.7. The molecule has 1 aromatic carbocycles. The van der Waals surface area contributed by atoms with E-state index in [0.717, 1.165) is 31.4 Å². The van der Waals surface area contributed by atoms with Crippen molar-refractivity contribution in [1.29, 1.82) is 0 Å². The quantitative estimate of drug-likeness (QED) is 0.684. The van der Waals surface area contributed by atoms with E-state index in [2.05, 4.69) is 60.6 Å². The molecule has 2 atom stereocenters. The highest BCUT2D eigenvalue weighted by Gasteiger charge is 2.33. The van der Waals surface area contributed by atoms with Gasteiger partial charge in [0.1, 0.15) is 24.5 Å². The van der Waals surface area contributed by atoms with Crippen LogP contribution in [0.4, 0.5) is 0 Å². The molecule has 1 radical (unpaired) electrons. The predicted molar refractivity (Wildman–Crippen MR) is 105 cm³/mol. The lowest BCUT2D eigenvalue weighted by Crippen LogP contribution is -2.20. The molecule has 0 spiro atoms. The summed E-state index contributed by atoms with van der Waals surface area (Å²) in [6, 6.07) is 8.48. The molecule has 0 saturated heterocycles. The lowest BCUT2D eigenvalue weighted by molar-refractivity contribution is 0.214. The minimum absolute atomic E-state index is 0.144. The Morgan fingerprint density at radius 3 is 2.88 bits per heavy atom. The van der Waals surface area contributed by atoms with Crippen molar-refractivity contribution in [2.75, 3.05) is 0 Å². The number of allylic oxidation sites excluding steroid dienone is 4. The fourth-order valence-corrected chi connectivity index (χ4v) is 4.06. The molecule has 0 saturated carbocycles. The van der Waals surface area contributed by atoms with E-state index >= 15 is 0 Å². The number of ether oxygens (including phenoxy) is 2. The molecule has 1 aromatic heterocycles. The van der Waals surface area contributed by atoms with Crippen molar-refractivity contribution in [3.63, 3.8) is 0 Å². The number of fused-ring (bicyclic) bond motifs is 1. The maximum Gasteiger partial charge on any atom is 0.146 e. The molecule has 3 nitrogen and oxygen atoms in total. The fraction of sp³-hybridized carbons (Fsp3) is 0.261. The van der Waals surface area contributed by atoms with Crippen LogP contribution in [-0.2, 0) is 9.47 Å². The average molecular weight is 346 g/mol. The number of benzene rings is 1. The van der Waals surface area contributed by atoms with Gasteiger partial charge in [0, 0.05) is 23.0 Å². The van der Waals surface area contributed by atoms with E-state index in [4.69, 9.17) is 9.47 Å². The van der Waals surface area contributed by atoms with Crippen molar-refractivity contribution >= 4 is 10.9 Å². The van der Waals surface area contributed by atoms with Crippen molar-refractivity contribution in [2.45, 2.75) is 31.6 Å². The van der Waals surface area contributed by atoms with Gasteiger partial charge in [-0.25, -0.2) is 0 Å². The predicted octanol–water partition coefficient (Wildman–Crippen LogP) is 6.12. The van der Waals surface area contributed by atoms with Crippen LogP contribution in [0.1, 0.15) is 37.2 Å². The molecule has 3 heteroatoms. The van der Waals surface area contributed by atoms with Gasteiger partial charge in [0.25, 0.3) is 0 Å². The fourth-order valence-electron chi connectivity index (χ4n) is 4.06. The van der Waals surface area contributed by atoms with Gasteiger partial charge < -0.3 is 14.5 Å². The summed E-state index contributed by atoms with van der Waals surface area (Å²) in [6.45, 7) is 4.14. The maximum absolute atomic E-state index is 5.89. The molecular weight excluding hydrogens is 322 g/mol. The zero-order chi connectivity index (χ0) is 17.8. The number of aromatic amines is 1. The van der Waals surface area contributed by atoms with Crippen molar-refractivity contribution in [3.05, 3.63) is 91.3 Å². The van der Waals surface area contributed by atoms with Gasteiger partial charge in [0.15, 0.2) is 0 Å². The molecule has 2 heterocycles. The van der Waals surface area contributed by atoms with Gasteiger partial charge in [-0.1, -0.05) is 55.3 Å². The minimum Gasteiger partial charge on any atom is -0.466 e. The Kier molecular flexibility index (Phi) is 4.96. The summed E-state index contributed by atoms with van der Waals surface area (Å²) in [4.78, 5) is 3.43. The van der Waals surface area contributed by atoms with Crippen LogP contribution in [0.15, 0.2) is 78.8 Å². The topological polar surface area (TPSA) is 34.2 Å². The van der Waals surface area contributed by atoms with Crippen LogP contribution < -0.4 is 0 Å². The molecule has 0 fully saturated rings. The summed E-state index contributed by atoms with van der Waals surface area (Å²) in [6.07, 6.45) is 17.7. The highest BCUT2D eigenvalue weighted by atomic mass is 16.5.